The Kier molecular flexibility index (Phi) is 3.91. The third-order valence-electron chi connectivity index (χ3n) is 3.49. The highest BCUT2D eigenvalue weighted by Crippen LogP contribution is 2.25. The van der Waals surface area contributed by atoms with E-state index < -0.39 is 0 Å². The number of nitrogens with one attached hydrogen (secondary N) is 2. The van der Waals surface area contributed by atoms with Crippen LogP contribution in [0, 0.1) is 5.92 Å². The van der Waals surface area contributed by atoms with Crippen LogP contribution in [0.1, 0.15) is 25.7 Å². The standard InChI is InChI=1S/C16H19N5O/c1-10(2)14(21-16-17-9-8-13(20-16)22-3)15-18-11-6-4-5-7-12(11)19-15/h4-10,14H,1-3H3,(H,18,19)(H,17,20,21)/t14-/m1/s1. The number of hydrogen-bond donors (Lipinski definition) is 2. The van der Waals surface area contributed by atoms with Gasteiger partial charge in [0.1, 0.15) is 5.82 Å². The minimum Gasteiger partial charge on any atom is -0.481 e. The number of anilines is 1. The van der Waals surface area contributed by atoms with Crippen molar-refractivity contribution in [3.05, 3.63) is 42.4 Å². The van der Waals surface area contributed by atoms with Gasteiger partial charge >= 0.3 is 0 Å². The van der Waals surface area contributed by atoms with Gasteiger partial charge in [0.2, 0.25) is 11.8 Å². The number of hydrogen-bond acceptors (Lipinski definition) is 5. The lowest BCUT2D eigenvalue weighted by Gasteiger charge is -2.20. The van der Waals surface area contributed by atoms with Gasteiger partial charge in [-0.05, 0) is 18.1 Å². The Morgan fingerprint density at radius 1 is 1.14 bits per heavy atom. The molecular weight excluding hydrogens is 278 g/mol. The van der Waals surface area contributed by atoms with Gasteiger partial charge < -0.3 is 15.0 Å². The zero-order chi connectivity index (χ0) is 15.5. The molecule has 3 aromatic rings. The largest absolute Gasteiger partial charge is 0.481 e. The van der Waals surface area contributed by atoms with Crippen molar-refractivity contribution in [1.82, 2.24) is 19.9 Å². The molecule has 114 valence electrons. The van der Waals surface area contributed by atoms with Crippen LogP contribution in [0.15, 0.2) is 36.5 Å². The summed E-state index contributed by atoms with van der Waals surface area (Å²) in [6, 6.07) is 9.69. The predicted molar refractivity (Wildman–Crippen MR) is 85.9 cm³/mol. The summed E-state index contributed by atoms with van der Waals surface area (Å²) in [4.78, 5) is 16.6. The van der Waals surface area contributed by atoms with Gasteiger partial charge in [-0.25, -0.2) is 9.97 Å². The molecule has 0 saturated heterocycles. The fourth-order valence-electron chi connectivity index (χ4n) is 2.34. The van der Waals surface area contributed by atoms with E-state index in [-0.39, 0.29) is 6.04 Å². The maximum absolute atomic E-state index is 5.14. The van der Waals surface area contributed by atoms with Gasteiger partial charge in [0.15, 0.2) is 0 Å². The number of fused-ring (bicyclic) bond motifs is 1. The van der Waals surface area contributed by atoms with E-state index in [1.54, 1.807) is 19.4 Å². The molecular formula is C16H19N5O. The lowest BCUT2D eigenvalue weighted by molar-refractivity contribution is 0.397. The van der Waals surface area contributed by atoms with Crippen molar-refractivity contribution in [3.8, 4) is 5.88 Å². The number of aromatic nitrogens is 4. The molecule has 0 radical (unpaired) electrons. The van der Waals surface area contributed by atoms with E-state index in [2.05, 4.69) is 39.1 Å². The van der Waals surface area contributed by atoms with Crippen LogP contribution < -0.4 is 10.1 Å². The molecule has 22 heavy (non-hydrogen) atoms. The van der Waals surface area contributed by atoms with Crippen molar-refractivity contribution in [2.24, 2.45) is 5.92 Å². The summed E-state index contributed by atoms with van der Waals surface area (Å²) in [5.74, 6) is 2.25. The number of para-hydroxylation sites is 2. The van der Waals surface area contributed by atoms with Crippen molar-refractivity contribution >= 4 is 17.0 Å². The third-order valence-corrected chi connectivity index (χ3v) is 3.49. The van der Waals surface area contributed by atoms with Crippen LogP contribution in [0.4, 0.5) is 5.95 Å². The lowest BCUT2D eigenvalue weighted by Crippen LogP contribution is -2.19. The quantitative estimate of drug-likeness (QED) is 0.756. The molecule has 2 aromatic heterocycles. The first-order valence-corrected chi connectivity index (χ1v) is 7.25. The summed E-state index contributed by atoms with van der Waals surface area (Å²) in [5.41, 5.74) is 1.98. The molecule has 1 atom stereocenters. The van der Waals surface area contributed by atoms with E-state index in [4.69, 9.17) is 4.74 Å². The topological polar surface area (TPSA) is 75.7 Å². The molecule has 0 bridgehead atoms. The van der Waals surface area contributed by atoms with Gasteiger partial charge in [-0.2, -0.15) is 4.98 Å². The number of methoxy groups -OCH3 is 1. The highest BCUT2D eigenvalue weighted by molar-refractivity contribution is 5.74. The summed E-state index contributed by atoms with van der Waals surface area (Å²) in [7, 11) is 1.59. The molecule has 6 nitrogen and oxygen atoms in total. The van der Waals surface area contributed by atoms with Crippen LogP contribution in [-0.4, -0.2) is 27.0 Å². The monoisotopic (exact) mass is 297 g/mol. The first-order chi connectivity index (χ1) is 10.7. The van der Waals surface area contributed by atoms with Gasteiger partial charge in [0.25, 0.3) is 0 Å². The molecule has 0 fully saturated rings. The van der Waals surface area contributed by atoms with Gasteiger partial charge in [-0.3, -0.25) is 0 Å². The third kappa shape index (κ3) is 2.86. The molecule has 0 aliphatic carbocycles. The van der Waals surface area contributed by atoms with Gasteiger partial charge in [0.05, 0.1) is 24.2 Å². The average molecular weight is 297 g/mol. The number of benzene rings is 1. The summed E-state index contributed by atoms with van der Waals surface area (Å²) < 4.78 is 5.14. The fraction of sp³-hybridized carbons (Fsp3) is 0.312. The Bertz CT molecular complexity index is 735. The molecule has 0 spiro atoms. The molecule has 2 heterocycles. The summed E-state index contributed by atoms with van der Waals surface area (Å²) in [5, 5.41) is 3.33. The molecule has 3 rings (SSSR count). The van der Waals surface area contributed by atoms with Crippen molar-refractivity contribution in [2.75, 3.05) is 12.4 Å². The van der Waals surface area contributed by atoms with Gasteiger partial charge in [0, 0.05) is 12.3 Å². The molecule has 0 saturated carbocycles. The predicted octanol–water partition coefficient (Wildman–Crippen LogP) is 3.17. The van der Waals surface area contributed by atoms with Crippen LogP contribution in [0.2, 0.25) is 0 Å². The first kappa shape index (κ1) is 14.3. The average Bonchev–Trinajstić information content (AvgIpc) is 2.96. The molecule has 1 aromatic carbocycles. The fourth-order valence-corrected chi connectivity index (χ4v) is 2.34. The normalized spacial score (nSPS) is 12.5. The van der Waals surface area contributed by atoms with Crippen molar-refractivity contribution in [2.45, 2.75) is 19.9 Å². The van der Waals surface area contributed by atoms with Gasteiger partial charge in [-0.15, -0.1) is 0 Å². The van der Waals surface area contributed by atoms with Crippen LogP contribution in [0.25, 0.3) is 11.0 Å². The number of nitrogens with zero attached hydrogens (tertiary/aromatic N) is 3. The van der Waals surface area contributed by atoms with Crippen molar-refractivity contribution in [1.29, 1.82) is 0 Å². The van der Waals surface area contributed by atoms with Crippen LogP contribution >= 0.6 is 0 Å². The van der Waals surface area contributed by atoms with Crippen LogP contribution in [-0.2, 0) is 0 Å². The number of aromatic amines is 1. The molecule has 2 N–H and O–H groups in total. The Labute approximate surface area is 129 Å². The minimum atomic E-state index is -0.0143. The number of H-pyrrole nitrogens is 1. The first-order valence-electron chi connectivity index (χ1n) is 7.25. The number of ether oxygens (including phenoxy) is 1. The SMILES string of the molecule is COc1ccnc(N[C@@H](c2nc3ccccc3[nH]2)C(C)C)n1. The Hall–Kier alpha value is -2.63. The summed E-state index contributed by atoms with van der Waals surface area (Å²) in [6.07, 6.45) is 1.67. The Morgan fingerprint density at radius 2 is 1.95 bits per heavy atom. The van der Waals surface area contributed by atoms with Crippen LogP contribution in [0.3, 0.4) is 0 Å². The molecule has 0 aliphatic heterocycles. The minimum absolute atomic E-state index is 0.0143. The number of rotatable bonds is 5. The maximum atomic E-state index is 5.14. The second-order valence-electron chi connectivity index (χ2n) is 5.43. The lowest BCUT2D eigenvalue weighted by atomic mass is 10.0. The van der Waals surface area contributed by atoms with E-state index in [0.717, 1.165) is 16.9 Å². The van der Waals surface area contributed by atoms with Crippen molar-refractivity contribution < 1.29 is 4.74 Å². The van der Waals surface area contributed by atoms with Gasteiger partial charge in [-0.1, -0.05) is 26.0 Å². The van der Waals surface area contributed by atoms with E-state index in [1.807, 2.05) is 24.3 Å². The van der Waals surface area contributed by atoms with Crippen LogP contribution in [0.5, 0.6) is 5.88 Å². The van der Waals surface area contributed by atoms with E-state index in [9.17, 15) is 0 Å². The maximum Gasteiger partial charge on any atom is 0.226 e. The molecule has 6 heteroatoms. The second kappa shape index (κ2) is 6.01. The molecule has 0 amide bonds. The summed E-state index contributed by atoms with van der Waals surface area (Å²) in [6.45, 7) is 4.26. The highest BCUT2D eigenvalue weighted by Gasteiger charge is 2.20. The van der Waals surface area contributed by atoms with E-state index in [1.165, 1.54) is 0 Å². The second-order valence-corrected chi connectivity index (χ2v) is 5.43. The highest BCUT2D eigenvalue weighted by atomic mass is 16.5. The zero-order valence-corrected chi connectivity index (χ0v) is 12.9. The smallest absolute Gasteiger partial charge is 0.226 e. The Morgan fingerprint density at radius 3 is 2.68 bits per heavy atom. The number of imidazole rings is 1. The van der Waals surface area contributed by atoms with E-state index in [0.29, 0.717) is 17.7 Å². The summed E-state index contributed by atoms with van der Waals surface area (Å²) >= 11 is 0. The zero-order valence-electron chi connectivity index (χ0n) is 12.9. The molecule has 0 aliphatic rings. The molecule has 0 unspecified atom stereocenters. The van der Waals surface area contributed by atoms with E-state index >= 15 is 0 Å². The van der Waals surface area contributed by atoms with Crippen molar-refractivity contribution in [3.63, 3.8) is 0 Å². The Balaban J connectivity index is 1.92.